The van der Waals surface area contributed by atoms with Crippen molar-refractivity contribution in [2.75, 3.05) is 37.0 Å². The van der Waals surface area contributed by atoms with E-state index in [2.05, 4.69) is 65.3 Å². The molecule has 4 nitrogen and oxygen atoms in total. The summed E-state index contributed by atoms with van der Waals surface area (Å²) in [6.07, 6.45) is 5.66. The predicted octanol–water partition coefficient (Wildman–Crippen LogP) is 4.35. The number of aromatic nitrogens is 2. The number of piperidine rings is 1. The Morgan fingerprint density at radius 1 is 0.960 bits per heavy atom. The topological polar surface area (TPSA) is 32.3 Å². The zero-order chi connectivity index (χ0) is 17.2. The third kappa shape index (κ3) is 3.16. The van der Waals surface area contributed by atoms with Crippen molar-refractivity contribution >= 4 is 22.4 Å². The van der Waals surface area contributed by atoms with Crippen molar-refractivity contribution < 1.29 is 0 Å². The van der Waals surface area contributed by atoms with Gasteiger partial charge in [0.1, 0.15) is 5.82 Å². The van der Waals surface area contributed by atoms with E-state index >= 15 is 0 Å². The predicted molar refractivity (Wildman–Crippen MR) is 105 cm³/mol. The lowest BCUT2D eigenvalue weighted by atomic mass is 10.1. The lowest BCUT2D eigenvalue weighted by Gasteiger charge is -2.29. The molecule has 0 N–H and O–H groups in total. The number of hydrogen-bond acceptors (Lipinski definition) is 4. The lowest BCUT2D eigenvalue weighted by Crippen LogP contribution is -2.30. The standard InChI is InChI=1S/C21H24N4/c1-24(2)17-10-8-16(9-11-17)19-15-20-18(7-6-12-22-20)21(23-19)25-13-4-3-5-14-25/h6-12,15H,3-5,13-14H2,1-2H3. The third-order valence-electron chi connectivity index (χ3n) is 4.91. The van der Waals surface area contributed by atoms with Crippen LogP contribution in [0.2, 0.25) is 0 Å². The molecule has 1 saturated heterocycles. The zero-order valence-electron chi connectivity index (χ0n) is 14.9. The highest BCUT2D eigenvalue weighted by atomic mass is 15.2. The van der Waals surface area contributed by atoms with Crippen molar-refractivity contribution in [1.29, 1.82) is 0 Å². The van der Waals surface area contributed by atoms with Gasteiger partial charge in [-0.25, -0.2) is 4.98 Å². The molecule has 1 fully saturated rings. The molecule has 0 unspecified atom stereocenters. The highest BCUT2D eigenvalue weighted by molar-refractivity contribution is 5.92. The molecule has 3 heterocycles. The van der Waals surface area contributed by atoms with Crippen LogP contribution in [0.1, 0.15) is 19.3 Å². The lowest BCUT2D eigenvalue weighted by molar-refractivity contribution is 0.575. The summed E-state index contributed by atoms with van der Waals surface area (Å²) in [5.41, 5.74) is 4.34. The van der Waals surface area contributed by atoms with Gasteiger partial charge in [-0.15, -0.1) is 0 Å². The Hall–Kier alpha value is -2.62. The highest BCUT2D eigenvalue weighted by Gasteiger charge is 2.17. The summed E-state index contributed by atoms with van der Waals surface area (Å²) in [6.45, 7) is 2.17. The van der Waals surface area contributed by atoms with Crippen LogP contribution in [0.3, 0.4) is 0 Å². The van der Waals surface area contributed by atoms with Gasteiger partial charge in [0.15, 0.2) is 0 Å². The molecule has 0 radical (unpaired) electrons. The van der Waals surface area contributed by atoms with E-state index in [1.54, 1.807) is 0 Å². The van der Waals surface area contributed by atoms with Crippen LogP contribution in [-0.4, -0.2) is 37.2 Å². The SMILES string of the molecule is CN(C)c1ccc(-c2cc3ncccc3c(N3CCCCC3)n2)cc1. The molecule has 3 aromatic rings. The average molecular weight is 332 g/mol. The van der Waals surface area contributed by atoms with Crippen LogP contribution in [0.25, 0.3) is 22.2 Å². The molecule has 1 aliphatic rings. The van der Waals surface area contributed by atoms with Crippen molar-refractivity contribution in [3.05, 3.63) is 48.7 Å². The Balaban J connectivity index is 1.81. The molecule has 0 atom stereocenters. The molecule has 1 aliphatic heterocycles. The first-order valence-corrected chi connectivity index (χ1v) is 9.01. The largest absolute Gasteiger partial charge is 0.378 e. The third-order valence-corrected chi connectivity index (χ3v) is 4.91. The van der Waals surface area contributed by atoms with E-state index in [1.165, 1.54) is 24.9 Å². The van der Waals surface area contributed by atoms with Crippen molar-refractivity contribution in [3.8, 4) is 11.3 Å². The summed E-state index contributed by atoms with van der Waals surface area (Å²) in [7, 11) is 4.11. The average Bonchev–Trinajstić information content (AvgIpc) is 2.68. The molecule has 0 saturated carbocycles. The van der Waals surface area contributed by atoms with Gasteiger partial charge in [-0.2, -0.15) is 0 Å². The Morgan fingerprint density at radius 3 is 2.44 bits per heavy atom. The van der Waals surface area contributed by atoms with Crippen LogP contribution < -0.4 is 9.80 Å². The van der Waals surface area contributed by atoms with E-state index in [9.17, 15) is 0 Å². The quantitative estimate of drug-likeness (QED) is 0.713. The smallest absolute Gasteiger partial charge is 0.138 e. The van der Waals surface area contributed by atoms with Crippen LogP contribution in [0, 0.1) is 0 Å². The molecule has 0 spiro atoms. The summed E-state index contributed by atoms with van der Waals surface area (Å²) in [6, 6.07) is 14.8. The number of fused-ring (bicyclic) bond motifs is 1. The minimum Gasteiger partial charge on any atom is -0.378 e. The maximum Gasteiger partial charge on any atom is 0.138 e. The number of benzene rings is 1. The molecule has 2 aromatic heterocycles. The van der Waals surface area contributed by atoms with Crippen LogP contribution in [-0.2, 0) is 0 Å². The fourth-order valence-corrected chi connectivity index (χ4v) is 3.48. The van der Waals surface area contributed by atoms with E-state index < -0.39 is 0 Å². The minimum atomic E-state index is 0.997. The molecule has 25 heavy (non-hydrogen) atoms. The maximum atomic E-state index is 5.04. The van der Waals surface area contributed by atoms with Crippen molar-refractivity contribution in [2.45, 2.75) is 19.3 Å². The number of hydrogen-bond donors (Lipinski definition) is 0. The van der Waals surface area contributed by atoms with Gasteiger partial charge < -0.3 is 9.80 Å². The van der Waals surface area contributed by atoms with Crippen molar-refractivity contribution in [3.63, 3.8) is 0 Å². The van der Waals surface area contributed by atoms with E-state index in [4.69, 9.17) is 4.98 Å². The summed E-state index contributed by atoms with van der Waals surface area (Å²) in [5.74, 6) is 1.08. The van der Waals surface area contributed by atoms with Crippen LogP contribution in [0.5, 0.6) is 0 Å². The first-order chi connectivity index (χ1) is 12.2. The van der Waals surface area contributed by atoms with Crippen molar-refractivity contribution in [2.24, 2.45) is 0 Å². The van der Waals surface area contributed by atoms with Crippen LogP contribution in [0.15, 0.2) is 48.7 Å². The summed E-state index contributed by atoms with van der Waals surface area (Å²) in [5, 5.41) is 1.15. The van der Waals surface area contributed by atoms with Gasteiger partial charge in [-0.05, 0) is 49.6 Å². The molecule has 128 valence electrons. The molecule has 1 aromatic carbocycles. The van der Waals surface area contributed by atoms with Gasteiger partial charge in [0, 0.05) is 50.0 Å². The summed E-state index contributed by atoms with van der Waals surface area (Å²) < 4.78 is 0. The maximum absolute atomic E-state index is 5.04. The molecule has 4 rings (SSSR count). The van der Waals surface area contributed by atoms with Crippen LogP contribution in [0.4, 0.5) is 11.5 Å². The number of pyridine rings is 2. The second kappa shape index (κ2) is 6.71. The van der Waals surface area contributed by atoms with Crippen molar-refractivity contribution in [1.82, 2.24) is 9.97 Å². The Morgan fingerprint density at radius 2 is 1.72 bits per heavy atom. The number of nitrogens with zero attached hydrogens (tertiary/aromatic N) is 4. The second-order valence-corrected chi connectivity index (χ2v) is 6.89. The minimum absolute atomic E-state index is 0.997. The van der Waals surface area contributed by atoms with Gasteiger partial charge in [0.25, 0.3) is 0 Å². The van der Waals surface area contributed by atoms with Gasteiger partial charge in [0.05, 0.1) is 11.2 Å². The fourth-order valence-electron chi connectivity index (χ4n) is 3.48. The molecule has 0 bridgehead atoms. The van der Waals surface area contributed by atoms with E-state index in [0.29, 0.717) is 0 Å². The number of rotatable bonds is 3. The molecular formula is C21H24N4. The van der Waals surface area contributed by atoms with Gasteiger partial charge in [0.2, 0.25) is 0 Å². The Kier molecular flexibility index (Phi) is 4.26. The van der Waals surface area contributed by atoms with E-state index in [1.807, 2.05) is 12.3 Å². The molecule has 4 heteroatoms. The Labute approximate surface area is 149 Å². The van der Waals surface area contributed by atoms with Gasteiger partial charge in [-0.1, -0.05) is 12.1 Å². The zero-order valence-corrected chi connectivity index (χ0v) is 14.9. The normalized spacial score (nSPS) is 14.7. The molecule has 0 amide bonds. The monoisotopic (exact) mass is 332 g/mol. The molecule has 0 aliphatic carbocycles. The first kappa shape index (κ1) is 15.9. The number of anilines is 2. The van der Waals surface area contributed by atoms with Crippen LogP contribution >= 0.6 is 0 Å². The summed E-state index contributed by atoms with van der Waals surface area (Å²) >= 11 is 0. The fraction of sp³-hybridized carbons (Fsp3) is 0.333. The van der Waals surface area contributed by atoms with E-state index in [0.717, 1.165) is 41.1 Å². The Bertz CT molecular complexity index is 865. The second-order valence-electron chi connectivity index (χ2n) is 6.89. The van der Waals surface area contributed by atoms with E-state index in [-0.39, 0.29) is 0 Å². The molecular weight excluding hydrogens is 308 g/mol. The first-order valence-electron chi connectivity index (χ1n) is 9.01. The van der Waals surface area contributed by atoms with Gasteiger partial charge >= 0.3 is 0 Å². The summed E-state index contributed by atoms with van der Waals surface area (Å²) in [4.78, 5) is 14.2. The highest BCUT2D eigenvalue weighted by Crippen LogP contribution is 2.31. The van der Waals surface area contributed by atoms with Gasteiger partial charge in [-0.3, -0.25) is 4.98 Å².